The molecule has 0 spiro atoms. The molecule has 5 nitrogen and oxygen atoms in total. The second-order valence-electron chi connectivity index (χ2n) is 5.64. The first-order valence-electron chi connectivity index (χ1n) is 8.05. The van der Waals surface area contributed by atoms with Gasteiger partial charge in [-0.3, -0.25) is 9.59 Å². The third kappa shape index (κ3) is 4.96. The van der Waals surface area contributed by atoms with E-state index in [4.69, 9.17) is 4.42 Å². The van der Waals surface area contributed by atoms with Crippen molar-refractivity contribution < 1.29 is 31.6 Å². The third-order valence-corrected chi connectivity index (χ3v) is 4.62. The Morgan fingerprint density at radius 2 is 1.59 bits per heavy atom. The molecule has 0 unspecified atom stereocenters. The molecule has 0 saturated heterocycles. The Morgan fingerprint density at radius 1 is 0.931 bits per heavy atom. The van der Waals surface area contributed by atoms with Crippen molar-refractivity contribution in [3.8, 4) is 0 Å². The van der Waals surface area contributed by atoms with Crippen LogP contribution >= 0.6 is 11.8 Å². The fourth-order valence-electron chi connectivity index (χ4n) is 2.24. The van der Waals surface area contributed by atoms with Crippen LogP contribution < -0.4 is 10.6 Å². The van der Waals surface area contributed by atoms with Gasteiger partial charge in [-0.1, -0.05) is 0 Å². The second-order valence-corrected chi connectivity index (χ2v) is 6.68. The van der Waals surface area contributed by atoms with Gasteiger partial charge in [-0.25, -0.2) is 17.6 Å². The fourth-order valence-corrected chi connectivity index (χ4v) is 2.94. The largest absolute Gasteiger partial charge is 0.459 e. The van der Waals surface area contributed by atoms with Crippen molar-refractivity contribution in [3.05, 3.63) is 77.8 Å². The SMILES string of the molecule is O=C(CSc1ccc(NC(=O)c2ccco2)cc1)Nc1c(F)c(F)cc(F)c1F. The molecule has 0 fully saturated rings. The van der Waals surface area contributed by atoms with Gasteiger partial charge in [-0.15, -0.1) is 11.8 Å². The molecule has 2 aromatic carbocycles. The summed E-state index contributed by atoms with van der Waals surface area (Å²) in [6, 6.07) is 9.54. The lowest BCUT2D eigenvalue weighted by Crippen LogP contribution is -2.17. The molecule has 2 amide bonds. The quantitative estimate of drug-likeness (QED) is 0.338. The van der Waals surface area contributed by atoms with E-state index in [1.165, 1.54) is 12.3 Å². The monoisotopic (exact) mass is 424 g/mol. The maximum Gasteiger partial charge on any atom is 0.291 e. The zero-order chi connectivity index (χ0) is 21.0. The van der Waals surface area contributed by atoms with Gasteiger partial charge in [0.2, 0.25) is 5.91 Å². The van der Waals surface area contributed by atoms with Crippen LogP contribution in [-0.4, -0.2) is 17.6 Å². The van der Waals surface area contributed by atoms with Crippen molar-refractivity contribution >= 4 is 35.0 Å². The van der Waals surface area contributed by atoms with E-state index in [1.54, 1.807) is 30.3 Å². The van der Waals surface area contributed by atoms with Crippen molar-refractivity contribution in [1.82, 2.24) is 0 Å². The van der Waals surface area contributed by atoms with E-state index in [1.807, 2.05) is 5.32 Å². The Kier molecular flexibility index (Phi) is 6.23. The van der Waals surface area contributed by atoms with Crippen LogP contribution in [0.5, 0.6) is 0 Å². The predicted octanol–water partition coefficient (Wildman–Crippen LogP) is 4.82. The standard InChI is InChI=1S/C19H12F4N2O3S/c20-12-8-13(21)17(23)18(16(12)22)25-15(26)9-29-11-5-3-10(4-6-11)24-19(27)14-2-1-7-28-14/h1-8H,9H2,(H,24,27)(H,25,26). The lowest BCUT2D eigenvalue weighted by Gasteiger charge is -2.09. The van der Waals surface area contributed by atoms with Gasteiger partial charge in [0.1, 0.15) is 5.69 Å². The van der Waals surface area contributed by atoms with Crippen LogP contribution in [0.15, 0.2) is 58.0 Å². The first-order chi connectivity index (χ1) is 13.8. The number of nitrogens with one attached hydrogen (secondary N) is 2. The lowest BCUT2D eigenvalue weighted by molar-refractivity contribution is -0.113. The Bertz CT molecular complexity index is 1010. The van der Waals surface area contributed by atoms with E-state index >= 15 is 0 Å². The summed E-state index contributed by atoms with van der Waals surface area (Å²) in [7, 11) is 0. The van der Waals surface area contributed by atoms with E-state index in [2.05, 4.69) is 5.32 Å². The number of hydrogen-bond acceptors (Lipinski definition) is 4. The van der Waals surface area contributed by atoms with Crippen molar-refractivity contribution in [2.24, 2.45) is 0 Å². The highest BCUT2D eigenvalue weighted by Gasteiger charge is 2.20. The number of halogens is 4. The molecule has 0 aliphatic carbocycles. The third-order valence-electron chi connectivity index (χ3n) is 3.60. The summed E-state index contributed by atoms with van der Waals surface area (Å²) in [6.07, 6.45) is 1.37. The van der Waals surface area contributed by atoms with Gasteiger partial charge in [0.25, 0.3) is 5.91 Å². The van der Waals surface area contributed by atoms with Crippen LogP contribution in [0.1, 0.15) is 10.6 Å². The number of carbonyl (C=O) groups excluding carboxylic acids is 2. The molecule has 10 heteroatoms. The second kappa shape index (κ2) is 8.82. The summed E-state index contributed by atoms with van der Waals surface area (Å²) in [5.74, 6) is -7.99. The Hall–Kier alpha value is -3.27. The summed E-state index contributed by atoms with van der Waals surface area (Å²) in [5.41, 5.74) is -0.691. The van der Waals surface area contributed by atoms with E-state index in [0.29, 0.717) is 10.6 Å². The smallest absolute Gasteiger partial charge is 0.291 e. The molecule has 3 aromatic rings. The van der Waals surface area contributed by atoms with Crippen LogP contribution in [0.25, 0.3) is 0 Å². The van der Waals surface area contributed by atoms with Crippen LogP contribution in [0.2, 0.25) is 0 Å². The van der Waals surface area contributed by atoms with Gasteiger partial charge in [0.05, 0.1) is 12.0 Å². The summed E-state index contributed by atoms with van der Waals surface area (Å²) in [4.78, 5) is 24.4. The maximum absolute atomic E-state index is 13.6. The molecule has 0 bridgehead atoms. The fraction of sp³-hybridized carbons (Fsp3) is 0.0526. The summed E-state index contributed by atoms with van der Waals surface area (Å²) < 4.78 is 58.5. The van der Waals surface area contributed by atoms with Crippen LogP contribution in [0.4, 0.5) is 28.9 Å². The number of amides is 2. The molecule has 0 atom stereocenters. The topological polar surface area (TPSA) is 71.3 Å². The summed E-state index contributed by atoms with van der Waals surface area (Å²) in [5, 5.41) is 4.44. The molecule has 0 radical (unpaired) electrons. The first kappa shape index (κ1) is 20.5. The summed E-state index contributed by atoms with van der Waals surface area (Å²) >= 11 is 1.02. The van der Waals surface area contributed by atoms with Gasteiger partial charge in [-0.2, -0.15) is 0 Å². The highest BCUT2D eigenvalue weighted by Crippen LogP contribution is 2.25. The van der Waals surface area contributed by atoms with E-state index in [0.717, 1.165) is 11.8 Å². The van der Waals surface area contributed by atoms with Crippen LogP contribution in [0.3, 0.4) is 0 Å². The number of benzene rings is 2. The highest BCUT2D eigenvalue weighted by atomic mass is 32.2. The van der Waals surface area contributed by atoms with E-state index in [-0.39, 0.29) is 17.6 Å². The number of rotatable bonds is 6. The maximum atomic E-state index is 13.6. The van der Waals surface area contributed by atoms with Gasteiger partial charge in [0, 0.05) is 16.6 Å². The summed E-state index contributed by atoms with van der Waals surface area (Å²) in [6.45, 7) is 0. The number of thioether (sulfide) groups is 1. The Morgan fingerprint density at radius 3 is 2.17 bits per heavy atom. The molecule has 1 heterocycles. The number of anilines is 2. The zero-order valence-electron chi connectivity index (χ0n) is 14.5. The number of furan rings is 1. The predicted molar refractivity (Wildman–Crippen MR) is 98.7 cm³/mol. The average Bonchev–Trinajstić information content (AvgIpc) is 3.24. The first-order valence-corrected chi connectivity index (χ1v) is 9.04. The molecule has 2 N–H and O–H groups in total. The minimum atomic E-state index is -1.68. The lowest BCUT2D eigenvalue weighted by atomic mass is 10.2. The minimum Gasteiger partial charge on any atom is -0.459 e. The van der Waals surface area contributed by atoms with E-state index in [9.17, 15) is 27.2 Å². The van der Waals surface area contributed by atoms with Gasteiger partial charge in [0.15, 0.2) is 29.0 Å². The van der Waals surface area contributed by atoms with Gasteiger partial charge in [-0.05, 0) is 36.4 Å². The van der Waals surface area contributed by atoms with Gasteiger partial charge < -0.3 is 15.1 Å². The molecule has 0 saturated carbocycles. The molecule has 29 heavy (non-hydrogen) atoms. The molecule has 3 rings (SSSR count). The number of carbonyl (C=O) groups is 2. The Labute approximate surface area is 166 Å². The molecule has 0 aliphatic heterocycles. The molecule has 150 valence electrons. The highest BCUT2D eigenvalue weighted by molar-refractivity contribution is 8.00. The molecule has 1 aromatic heterocycles. The zero-order valence-corrected chi connectivity index (χ0v) is 15.3. The van der Waals surface area contributed by atoms with Gasteiger partial charge >= 0.3 is 0 Å². The minimum absolute atomic E-state index is 0.0568. The van der Waals surface area contributed by atoms with Crippen LogP contribution in [0, 0.1) is 23.3 Å². The molecular formula is C19H12F4N2O3S. The average molecular weight is 424 g/mol. The Balaban J connectivity index is 1.56. The van der Waals surface area contributed by atoms with Crippen molar-refractivity contribution in [2.45, 2.75) is 4.90 Å². The van der Waals surface area contributed by atoms with Crippen molar-refractivity contribution in [1.29, 1.82) is 0 Å². The van der Waals surface area contributed by atoms with E-state index < -0.39 is 40.8 Å². The van der Waals surface area contributed by atoms with Crippen molar-refractivity contribution in [2.75, 3.05) is 16.4 Å². The van der Waals surface area contributed by atoms with Crippen molar-refractivity contribution in [3.63, 3.8) is 0 Å². The normalized spacial score (nSPS) is 10.6. The molecular weight excluding hydrogens is 412 g/mol. The number of hydrogen-bond donors (Lipinski definition) is 2. The molecule has 0 aliphatic rings. The van der Waals surface area contributed by atoms with Crippen LogP contribution in [-0.2, 0) is 4.79 Å².